The number of hydrogen-bond donors (Lipinski definition) is 2. The van der Waals surface area contributed by atoms with Gasteiger partial charge in [0, 0.05) is 12.6 Å². The molecule has 0 bridgehead atoms. The van der Waals surface area contributed by atoms with Crippen molar-refractivity contribution in [2.24, 2.45) is 5.73 Å². The molecule has 0 aromatic heterocycles. The lowest BCUT2D eigenvalue weighted by Crippen LogP contribution is -2.27. The number of anilines is 1. The third-order valence-electron chi connectivity index (χ3n) is 2.98. The van der Waals surface area contributed by atoms with Crippen LogP contribution < -0.4 is 10.0 Å². The van der Waals surface area contributed by atoms with Crippen LogP contribution in [0.5, 0.6) is 0 Å². The van der Waals surface area contributed by atoms with Gasteiger partial charge >= 0.3 is 0 Å². The molecule has 0 aliphatic carbocycles. The van der Waals surface area contributed by atoms with E-state index in [9.17, 15) is 12.8 Å². The molecule has 0 unspecified atom stereocenters. The molecule has 2 aromatic rings. The molecule has 21 heavy (non-hydrogen) atoms. The molecule has 0 amide bonds. The average molecular weight is 307 g/mol. The lowest BCUT2D eigenvalue weighted by atomic mass is 10.2. The highest BCUT2D eigenvalue weighted by Crippen LogP contribution is 2.23. The number of nitrogens with one attached hydrogen (secondary N) is 1. The number of sulfonamides is 1. The summed E-state index contributed by atoms with van der Waals surface area (Å²) in [4.78, 5) is -0.141. The first-order valence-electron chi connectivity index (χ1n) is 6.01. The van der Waals surface area contributed by atoms with Gasteiger partial charge in [-0.25, -0.2) is 12.8 Å². The van der Waals surface area contributed by atoms with Crippen molar-refractivity contribution in [3.8, 4) is 0 Å². The number of nitrogens with two attached hydrogens (primary N) is 1. The minimum Gasteiger partial charge on any atom is -0.384 e. The third kappa shape index (κ3) is 3.03. The lowest BCUT2D eigenvalue weighted by Gasteiger charge is -2.20. The molecule has 2 rings (SSSR count). The van der Waals surface area contributed by atoms with Gasteiger partial charge in [0.05, 0.1) is 10.6 Å². The van der Waals surface area contributed by atoms with Gasteiger partial charge in [-0.2, -0.15) is 0 Å². The van der Waals surface area contributed by atoms with Crippen LogP contribution in [0, 0.1) is 11.2 Å². The second-order valence-electron chi connectivity index (χ2n) is 4.39. The minimum absolute atomic E-state index is 0.141. The van der Waals surface area contributed by atoms with Crippen molar-refractivity contribution in [3.05, 3.63) is 59.9 Å². The SMILES string of the molecule is CN(c1cccc(C(=N)N)c1)S(=O)(=O)c1cccc(F)c1. The van der Waals surface area contributed by atoms with Gasteiger partial charge in [-0.1, -0.05) is 18.2 Å². The largest absolute Gasteiger partial charge is 0.384 e. The molecule has 110 valence electrons. The second-order valence-corrected chi connectivity index (χ2v) is 6.36. The van der Waals surface area contributed by atoms with Crippen molar-refractivity contribution in [3.63, 3.8) is 0 Å². The normalized spacial score (nSPS) is 11.1. The summed E-state index contributed by atoms with van der Waals surface area (Å²) >= 11 is 0. The van der Waals surface area contributed by atoms with Gasteiger partial charge in [0.2, 0.25) is 0 Å². The Kier molecular flexibility index (Phi) is 3.95. The van der Waals surface area contributed by atoms with E-state index >= 15 is 0 Å². The van der Waals surface area contributed by atoms with Gasteiger partial charge in [0.15, 0.2) is 0 Å². The first-order chi connectivity index (χ1) is 9.82. The Morgan fingerprint density at radius 2 is 1.86 bits per heavy atom. The van der Waals surface area contributed by atoms with E-state index in [2.05, 4.69) is 0 Å². The molecule has 0 saturated carbocycles. The molecule has 3 N–H and O–H groups in total. The summed E-state index contributed by atoms with van der Waals surface area (Å²) in [5.74, 6) is -0.782. The topological polar surface area (TPSA) is 87.2 Å². The van der Waals surface area contributed by atoms with Crippen molar-refractivity contribution >= 4 is 21.5 Å². The summed E-state index contributed by atoms with van der Waals surface area (Å²) in [5, 5.41) is 7.38. The van der Waals surface area contributed by atoms with E-state index in [4.69, 9.17) is 11.1 Å². The fourth-order valence-corrected chi connectivity index (χ4v) is 3.01. The monoisotopic (exact) mass is 307 g/mol. The predicted octanol–water partition coefficient (Wildman–Crippen LogP) is 1.93. The molecule has 0 radical (unpaired) electrons. The van der Waals surface area contributed by atoms with Crippen molar-refractivity contribution in [2.75, 3.05) is 11.4 Å². The number of nitrogens with zero attached hydrogens (tertiary/aromatic N) is 1. The van der Waals surface area contributed by atoms with E-state index < -0.39 is 15.8 Å². The highest BCUT2D eigenvalue weighted by molar-refractivity contribution is 7.92. The molecule has 0 fully saturated rings. The Bertz CT molecular complexity index is 790. The Balaban J connectivity index is 2.45. The Hall–Kier alpha value is -2.41. The Morgan fingerprint density at radius 3 is 2.48 bits per heavy atom. The molecule has 0 aliphatic rings. The standard InChI is InChI=1S/C14H14FN3O2S/c1-18(12-6-2-4-10(8-12)14(16)17)21(19,20)13-7-3-5-11(15)9-13/h2-9H,1H3,(H3,16,17). The highest BCUT2D eigenvalue weighted by atomic mass is 32.2. The smallest absolute Gasteiger partial charge is 0.264 e. The Labute approximate surface area is 122 Å². The maximum atomic E-state index is 13.2. The summed E-state index contributed by atoms with van der Waals surface area (Å²) in [5.41, 5.74) is 6.14. The van der Waals surface area contributed by atoms with E-state index in [0.29, 0.717) is 11.3 Å². The van der Waals surface area contributed by atoms with Crippen LogP contribution in [0.15, 0.2) is 53.4 Å². The number of benzene rings is 2. The molecular weight excluding hydrogens is 293 g/mol. The zero-order valence-corrected chi connectivity index (χ0v) is 12.1. The molecule has 0 spiro atoms. The highest BCUT2D eigenvalue weighted by Gasteiger charge is 2.22. The summed E-state index contributed by atoms with van der Waals surface area (Å²) in [6.07, 6.45) is 0. The third-order valence-corrected chi connectivity index (χ3v) is 4.76. The van der Waals surface area contributed by atoms with E-state index in [-0.39, 0.29) is 10.7 Å². The molecule has 0 atom stereocenters. The van der Waals surface area contributed by atoms with E-state index in [1.165, 1.54) is 31.3 Å². The van der Waals surface area contributed by atoms with Crippen molar-refractivity contribution in [2.45, 2.75) is 4.90 Å². The van der Waals surface area contributed by atoms with Crippen LogP contribution in [0.4, 0.5) is 10.1 Å². The van der Waals surface area contributed by atoms with Crippen LogP contribution in [0.25, 0.3) is 0 Å². The number of amidine groups is 1. The number of rotatable bonds is 4. The molecule has 2 aromatic carbocycles. The van der Waals surface area contributed by atoms with Crippen LogP contribution in [0.2, 0.25) is 0 Å². The molecule has 0 heterocycles. The summed E-state index contributed by atoms with van der Waals surface area (Å²) in [7, 11) is -2.51. The molecular formula is C14H14FN3O2S. The molecule has 7 heteroatoms. The average Bonchev–Trinajstić information content (AvgIpc) is 2.46. The molecule has 0 saturated heterocycles. The maximum Gasteiger partial charge on any atom is 0.264 e. The number of nitrogen functional groups attached to an aromatic ring is 1. The van der Waals surface area contributed by atoms with Gasteiger partial charge in [-0.15, -0.1) is 0 Å². The van der Waals surface area contributed by atoms with E-state index in [1.807, 2.05) is 0 Å². The zero-order chi connectivity index (χ0) is 15.6. The van der Waals surface area contributed by atoms with Crippen LogP contribution in [-0.2, 0) is 10.0 Å². The van der Waals surface area contributed by atoms with Crippen LogP contribution in [0.1, 0.15) is 5.56 Å². The summed E-state index contributed by atoms with van der Waals surface area (Å²) in [6.45, 7) is 0. The molecule has 5 nitrogen and oxygen atoms in total. The predicted molar refractivity (Wildman–Crippen MR) is 79.4 cm³/mol. The maximum absolute atomic E-state index is 13.2. The first kappa shape index (κ1) is 15.0. The second kappa shape index (κ2) is 5.53. The van der Waals surface area contributed by atoms with Gasteiger partial charge in [0.25, 0.3) is 10.0 Å². The zero-order valence-electron chi connectivity index (χ0n) is 11.2. The van der Waals surface area contributed by atoms with Crippen LogP contribution >= 0.6 is 0 Å². The lowest BCUT2D eigenvalue weighted by molar-refractivity contribution is 0.589. The first-order valence-corrected chi connectivity index (χ1v) is 7.45. The number of hydrogen-bond acceptors (Lipinski definition) is 3. The summed E-state index contributed by atoms with van der Waals surface area (Å²) < 4.78 is 39.1. The van der Waals surface area contributed by atoms with Gasteiger partial charge in [0.1, 0.15) is 11.7 Å². The van der Waals surface area contributed by atoms with Crippen LogP contribution in [-0.4, -0.2) is 21.3 Å². The number of halogens is 1. The minimum atomic E-state index is -3.87. The fourth-order valence-electron chi connectivity index (χ4n) is 1.79. The van der Waals surface area contributed by atoms with Gasteiger partial charge in [-0.3, -0.25) is 9.71 Å². The quantitative estimate of drug-likeness (QED) is 0.668. The summed E-state index contributed by atoms with van der Waals surface area (Å²) in [6, 6.07) is 11.1. The van der Waals surface area contributed by atoms with Crippen molar-refractivity contribution < 1.29 is 12.8 Å². The van der Waals surface area contributed by atoms with Crippen molar-refractivity contribution in [1.82, 2.24) is 0 Å². The molecule has 0 aliphatic heterocycles. The fraction of sp³-hybridized carbons (Fsp3) is 0.0714. The van der Waals surface area contributed by atoms with E-state index in [0.717, 1.165) is 10.4 Å². The Morgan fingerprint density at radius 1 is 1.19 bits per heavy atom. The van der Waals surface area contributed by atoms with Gasteiger partial charge < -0.3 is 5.73 Å². The van der Waals surface area contributed by atoms with Gasteiger partial charge in [-0.05, 0) is 30.3 Å². The van der Waals surface area contributed by atoms with Crippen molar-refractivity contribution in [1.29, 1.82) is 5.41 Å². The van der Waals surface area contributed by atoms with Crippen LogP contribution in [0.3, 0.4) is 0 Å². The van der Waals surface area contributed by atoms with E-state index in [1.54, 1.807) is 18.2 Å².